The molecule has 1 N–H and O–H groups in total. The smallest absolute Gasteiger partial charge is 0.0592 e. The maximum absolute atomic E-state index is 5.58. The lowest BCUT2D eigenvalue weighted by Crippen LogP contribution is -2.54. The summed E-state index contributed by atoms with van der Waals surface area (Å²) in [6, 6.07) is 28.9. The van der Waals surface area contributed by atoms with Crippen molar-refractivity contribution in [3.05, 3.63) is 107 Å². The summed E-state index contributed by atoms with van der Waals surface area (Å²) in [6.07, 6.45) is 6.62. The first-order valence-corrected chi connectivity index (χ1v) is 15.1. The van der Waals surface area contributed by atoms with E-state index in [1.807, 2.05) is 12.1 Å². The highest BCUT2D eigenvalue weighted by molar-refractivity contribution is 7.79. The van der Waals surface area contributed by atoms with Crippen LogP contribution in [-0.2, 0) is 0 Å². The van der Waals surface area contributed by atoms with E-state index in [0.717, 1.165) is 26.2 Å². The highest BCUT2D eigenvalue weighted by Crippen LogP contribution is 2.20. The van der Waals surface area contributed by atoms with Gasteiger partial charge in [-0.25, -0.2) is 0 Å². The van der Waals surface area contributed by atoms with Gasteiger partial charge in [0, 0.05) is 37.6 Å². The highest BCUT2D eigenvalue weighted by Gasteiger charge is 2.25. The van der Waals surface area contributed by atoms with E-state index in [1.165, 1.54) is 49.2 Å². The number of likely N-dealkylation sites (tertiary alicyclic amines) is 1. The molecule has 0 radical (unpaired) electrons. The van der Waals surface area contributed by atoms with E-state index in [4.69, 9.17) is 23.2 Å². The summed E-state index contributed by atoms with van der Waals surface area (Å²) in [4.78, 5) is 5.04. The van der Waals surface area contributed by atoms with Crippen molar-refractivity contribution < 1.29 is 0 Å². The molecule has 3 nitrogen and oxygen atoms in total. The molecule has 1 heterocycles. The zero-order chi connectivity index (χ0) is 27.6. The number of halogens is 2. The fraction of sp³-hybridized carbons (Fsp3) is 0.375. The van der Waals surface area contributed by atoms with Crippen LogP contribution in [0, 0.1) is 0 Å². The second-order valence-corrected chi connectivity index (χ2v) is 10.1. The summed E-state index contributed by atoms with van der Waals surface area (Å²) in [5.41, 5.74) is 3.65. The van der Waals surface area contributed by atoms with Gasteiger partial charge in [0.2, 0.25) is 0 Å². The molecule has 1 aliphatic rings. The molecule has 3 aromatic rings. The molecule has 0 atom stereocenters. The number of rotatable bonds is 12. The molecule has 38 heavy (non-hydrogen) atoms. The van der Waals surface area contributed by atoms with Crippen molar-refractivity contribution >= 4 is 47.2 Å². The second kappa shape index (κ2) is 19.0. The number of benzene rings is 3. The van der Waals surface area contributed by atoms with E-state index >= 15 is 0 Å². The maximum atomic E-state index is 5.58. The van der Waals surface area contributed by atoms with Gasteiger partial charge in [-0.05, 0) is 61.9 Å². The molecule has 0 aromatic heterocycles. The van der Waals surface area contributed by atoms with Gasteiger partial charge in [-0.15, -0.1) is 0 Å². The Morgan fingerprint density at radius 1 is 0.842 bits per heavy atom. The van der Waals surface area contributed by atoms with Crippen LogP contribution in [0.25, 0.3) is 5.70 Å². The SMILES string of the molecule is C=C(c1ccccc1)N(CCCC)CCCCN1CC(Nc2ccccc2)C1.CS.Clc1ccccc1Cl. The van der Waals surface area contributed by atoms with Crippen molar-refractivity contribution in [2.45, 2.75) is 38.6 Å². The minimum absolute atomic E-state index is 0.598. The molecule has 206 valence electrons. The number of hydrogen-bond donors (Lipinski definition) is 2. The van der Waals surface area contributed by atoms with E-state index in [2.05, 4.69) is 102 Å². The van der Waals surface area contributed by atoms with Crippen LogP contribution in [0.2, 0.25) is 10.0 Å². The predicted molar refractivity (Wildman–Crippen MR) is 173 cm³/mol. The van der Waals surface area contributed by atoms with E-state index in [1.54, 1.807) is 18.4 Å². The Kier molecular flexibility index (Phi) is 16.1. The Bertz CT molecular complexity index is 1010. The van der Waals surface area contributed by atoms with Gasteiger partial charge in [0.05, 0.1) is 16.1 Å². The van der Waals surface area contributed by atoms with E-state index in [0.29, 0.717) is 16.1 Å². The van der Waals surface area contributed by atoms with Gasteiger partial charge in [0.1, 0.15) is 0 Å². The monoisotopic (exact) mass is 571 g/mol. The minimum Gasteiger partial charge on any atom is -0.380 e. The van der Waals surface area contributed by atoms with Crippen LogP contribution in [0.4, 0.5) is 5.69 Å². The lowest BCUT2D eigenvalue weighted by atomic mass is 10.1. The van der Waals surface area contributed by atoms with Gasteiger partial charge in [-0.3, -0.25) is 4.90 Å². The van der Waals surface area contributed by atoms with Crippen LogP contribution in [0.5, 0.6) is 0 Å². The average molecular weight is 573 g/mol. The zero-order valence-corrected chi connectivity index (χ0v) is 25.2. The number of anilines is 1. The molecule has 1 aliphatic heterocycles. The van der Waals surface area contributed by atoms with Crippen molar-refractivity contribution in [1.82, 2.24) is 9.80 Å². The first kappa shape index (κ1) is 32.1. The fourth-order valence-electron chi connectivity index (χ4n) is 4.23. The Balaban J connectivity index is 0.000000428. The molecule has 4 rings (SSSR count). The summed E-state index contributed by atoms with van der Waals surface area (Å²) in [7, 11) is 0. The van der Waals surface area contributed by atoms with Crippen molar-refractivity contribution in [2.75, 3.05) is 44.3 Å². The van der Waals surface area contributed by atoms with Crippen molar-refractivity contribution in [3.63, 3.8) is 0 Å². The standard InChI is InChI=1S/C25H35N3.C6H4Cl2.CH4S/c1-3-4-18-28(22(2)23-13-7-5-8-14-23)19-12-11-17-27-20-25(21-27)26-24-15-9-6-10-16-24;7-5-3-1-2-4-6(5)8;1-2/h5-10,13-16,25-26H,2-4,11-12,17-21H2,1H3;1-4H;2H,1H3. The normalized spacial score (nSPS) is 12.8. The van der Waals surface area contributed by atoms with Gasteiger partial charge >= 0.3 is 0 Å². The number of nitrogens with zero attached hydrogens (tertiary/aromatic N) is 2. The first-order chi connectivity index (χ1) is 18.6. The van der Waals surface area contributed by atoms with Crippen LogP contribution in [0.1, 0.15) is 38.2 Å². The molecule has 1 fully saturated rings. The van der Waals surface area contributed by atoms with Gasteiger partial charge in [0.15, 0.2) is 0 Å². The van der Waals surface area contributed by atoms with Gasteiger partial charge in [-0.1, -0.05) is 104 Å². The molecule has 3 aromatic carbocycles. The van der Waals surface area contributed by atoms with E-state index in [-0.39, 0.29) is 0 Å². The summed E-state index contributed by atoms with van der Waals surface area (Å²) in [5, 5.41) is 4.82. The molecule has 0 saturated carbocycles. The third kappa shape index (κ3) is 11.7. The second-order valence-electron chi connectivity index (χ2n) is 9.24. The Hall–Kier alpha value is -2.11. The fourth-order valence-corrected chi connectivity index (χ4v) is 4.51. The van der Waals surface area contributed by atoms with Crippen molar-refractivity contribution in [2.24, 2.45) is 0 Å². The quantitative estimate of drug-likeness (QED) is 0.167. The van der Waals surface area contributed by atoms with Crippen LogP contribution in [0.3, 0.4) is 0 Å². The van der Waals surface area contributed by atoms with Crippen LogP contribution in [-0.4, -0.2) is 54.8 Å². The molecule has 6 heteroatoms. The van der Waals surface area contributed by atoms with Crippen LogP contribution in [0.15, 0.2) is 91.5 Å². The summed E-state index contributed by atoms with van der Waals surface area (Å²) in [5.74, 6) is 0. The lowest BCUT2D eigenvalue weighted by Gasteiger charge is -2.40. The average Bonchev–Trinajstić information content (AvgIpc) is 2.94. The van der Waals surface area contributed by atoms with Gasteiger partial charge < -0.3 is 10.2 Å². The first-order valence-electron chi connectivity index (χ1n) is 13.4. The molecular weight excluding hydrogens is 529 g/mol. The van der Waals surface area contributed by atoms with E-state index in [9.17, 15) is 0 Å². The summed E-state index contributed by atoms with van der Waals surface area (Å²) in [6.45, 7) is 12.4. The van der Waals surface area contributed by atoms with Gasteiger partial charge in [-0.2, -0.15) is 12.6 Å². The molecule has 0 spiro atoms. The van der Waals surface area contributed by atoms with Crippen LogP contribution >= 0.6 is 35.8 Å². The summed E-state index contributed by atoms with van der Waals surface area (Å²) < 4.78 is 0. The zero-order valence-electron chi connectivity index (χ0n) is 22.8. The Labute approximate surface area is 246 Å². The number of para-hydroxylation sites is 1. The Morgan fingerprint density at radius 2 is 1.37 bits per heavy atom. The van der Waals surface area contributed by atoms with Crippen molar-refractivity contribution in [1.29, 1.82) is 0 Å². The molecule has 0 aliphatic carbocycles. The Morgan fingerprint density at radius 3 is 1.92 bits per heavy atom. The molecule has 0 amide bonds. The van der Waals surface area contributed by atoms with Gasteiger partial charge in [0.25, 0.3) is 0 Å². The van der Waals surface area contributed by atoms with Crippen LogP contribution < -0.4 is 5.32 Å². The topological polar surface area (TPSA) is 18.5 Å². The molecular formula is C32H43Cl2N3S. The predicted octanol–water partition coefficient (Wildman–Crippen LogP) is 8.88. The number of thiol groups is 1. The van der Waals surface area contributed by atoms with E-state index < -0.39 is 0 Å². The maximum Gasteiger partial charge on any atom is 0.0592 e. The number of hydrogen-bond acceptors (Lipinski definition) is 4. The summed E-state index contributed by atoms with van der Waals surface area (Å²) >= 11 is 14.7. The third-order valence-electron chi connectivity index (χ3n) is 6.35. The molecule has 0 bridgehead atoms. The molecule has 1 saturated heterocycles. The third-order valence-corrected chi connectivity index (χ3v) is 7.10. The highest BCUT2D eigenvalue weighted by atomic mass is 35.5. The molecule has 0 unspecified atom stereocenters. The number of unbranched alkanes of at least 4 members (excludes halogenated alkanes) is 2. The lowest BCUT2D eigenvalue weighted by molar-refractivity contribution is 0.157. The van der Waals surface area contributed by atoms with Crippen molar-refractivity contribution in [3.8, 4) is 0 Å². The largest absolute Gasteiger partial charge is 0.380 e. The minimum atomic E-state index is 0.598. The number of nitrogens with one attached hydrogen (secondary N) is 1.